The summed E-state index contributed by atoms with van der Waals surface area (Å²) in [6.45, 7) is 1.58. The topological polar surface area (TPSA) is 113 Å². The molecule has 0 aliphatic rings. The summed E-state index contributed by atoms with van der Waals surface area (Å²) in [4.78, 5) is 11.4. The third-order valence-corrected chi connectivity index (χ3v) is 2.12. The van der Waals surface area contributed by atoms with Gasteiger partial charge in [0.1, 0.15) is 12.1 Å². The molecule has 94 valence electrons. The van der Waals surface area contributed by atoms with Crippen molar-refractivity contribution in [2.75, 3.05) is 6.61 Å². The molecular formula is C11H15NO5. The first-order chi connectivity index (χ1) is 8.30. The molecule has 0 saturated carbocycles. The SMILES string of the molecule is [2H][C@@](N)(C(=O)OCC)[C@@H](O)c1ccc(O)c(O)c1. The van der Waals surface area contributed by atoms with Crippen LogP contribution in [0.5, 0.6) is 11.5 Å². The van der Waals surface area contributed by atoms with Gasteiger partial charge in [-0.2, -0.15) is 0 Å². The number of esters is 1. The van der Waals surface area contributed by atoms with Crippen LogP contribution < -0.4 is 5.73 Å². The molecule has 0 aromatic heterocycles. The van der Waals surface area contributed by atoms with Crippen LogP contribution in [0.3, 0.4) is 0 Å². The van der Waals surface area contributed by atoms with Gasteiger partial charge >= 0.3 is 5.97 Å². The molecule has 0 fully saturated rings. The van der Waals surface area contributed by atoms with E-state index in [9.17, 15) is 15.0 Å². The van der Waals surface area contributed by atoms with Gasteiger partial charge in [-0.15, -0.1) is 0 Å². The molecule has 1 aromatic rings. The van der Waals surface area contributed by atoms with Gasteiger partial charge in [0.25, 0.3) is 0 Å². The third kappa shape index (κ3) is 3.08. The normalized spacial score (nSPS) is 16.8. The average molecular weight is 242 g/mol. The molecule has 5 N–H and O–H groups in total. The summed E-state index contributed by atoms with van der Waals surface area (Å²) in [5, 5.41) is 28.3. The van der Waals surface area contributed by atoms with E-state index in [1.165, 1.54) is 6.07 Å². The van der Waals surface area contributed by atoms with Crippen LogP contribution in [0.4, 0.5) is 0 Å². The van der Waals surface area contributed by atoms with Gasteiger partial charge in [-0.05, 0) is 24.6 Å². The Hall–Kier alpha value is -1.79. The zero-order valence-electron chi connectivity index (χ0n) is 10.3. The summed E-state index contributed by atoms with van der Waals surface area (Å²) in [7, 11) is 0. The second kappa shape index (κ2) is 5.51. The lowest BCUT2D eigenvalue weighted by Gasteiger charge is -2.17. The summed E-state index contributed by atoms with van der Waals surface area (Å²) in [5.74, 6) is -1.94. The van der Waals surface area contributed by atoms with Gasteiger partial charge in [0, 0.05) is 0 Å². The molecule has 6 nitrogen and oxygen atoms in total. The molecule has 1 rings (SSSR count). The number of phenolic OH excluding ortho intramolecular Hbond substituents is 2. The number of aliphatic hydroxyl groups is 1. The number of nitrogens with two attached hydrogens (primary N) is 1. The molecule has 0 saturated heterocycles. The number of carbonyl (C=O) groups is 1. The van der Waals surface area contributed by atoms with E-state index in [-0.39, 0.29) is 17.9 Å². The van der Waals surface area contributed by atoms with Gasteiger partial charge in [-0.1, -0.05) is 6.07 Å². The van der Waals surface area contributed by atoms with Gasteiger partial charge in [0.15, 0.2) is 11.5 Å². The van der Waals surface area contributed by atoms with Gasteiger partial charge in [0.2, 0.25) is 0 Å². The van der Waals surface area contributed by atoms with Crippen molar-refractivity contribution >= 4 is 5.97 Å². The first-order valence-electron chi connectivity index (χ1n) is 5.46. The number of ether oxygens (including phenoxy) is 1. The van der Waals surface area contributed by atoms with Crippen LogP contribution in [-0.2, 0) is 9.53 Å². The molecule has 0 heterocycles. The molecular weight excluding hydrogens is 226 g/mol. The third-order valence-electron chi connectivity index (χ3n) is 2.12. The quantitative estimate of drug-likeness (QED) is 0.437. The van der Waals surface area contributed by atoms with Crippen molar-refractivity contribution < 1.29 is 26.2 Å². The first kappa shape index (κ1) is 11.7. The maximum atomic E-state index is 11.4. The smallest absolute Gasteiger partial charge is 0.325 e. The van der Waals surface area contributed by atoms with Crippen molar-refractivity contribution in [3.05, 3.63) is 23.8 Å². The molecule has 1 aromatic carbocycles. The van der Waals surface area contributed by atoms with Gasteiger partial charge in [-0.3, -0.25) is 4.79 Å². The lowest BCUT2D eigenvalue weighted by atomic mass is 10.0. The maximum absolute atomic E-state index is 11.4. The Balaban J connectivity index is 3.01. The molecule has 0 unspecified atom stereocenters. The number of phenols is 2. The number of hydrogen-bond acceptors (Lipinski definition) is 6. The Kier molecular flexibility index (Phi) is 3.79. The minimum absolute atomic E-state index is 0.0239. The molecule has 0 aliphatic heterocycles. The minimum atomic E-state index is -2.39. The highest BCUT2D eigenvalue weighted by atomic mass is 16.5. The Morgan fingerprint density at radius 2 is 2.18 bits per heavy atom. The summed E-state index contributed by atoms with van der Waals surface area (Å²) in [5.41, 5.74) is 5.43. The number of aromatic hydroxyl groups is 2. The summed E-state index contributed by atoms with van der Waals surface area (Å²) in [6, 6.07) is 0.999. The predicted molar refractivity (Wildman–Crippen MR) is 59.3 cm³/mol. The van der Waals surface area contributed by atoms with Crippen molar-refractivity contribution in [3.63, 3.8) is 0 Å². The van der Waals surface area contributed by atoms with Crippen LogP contribution in [0.1, 0.15) is 20.0 Å². The standard InChI is InChI=1S/C11H15NO5/c1-2-17-11(16)9(12)10(15)6-3-4-7(13)8(14)5-6/h3-5,9-10,13-15H,2,12H2,1H3/t9-,10-/m0/s1/i9D. The molecule has 6 heteroatoms. The van der Waals surface area contributed by atoms with Gasteiger partial charge in [-0.25, -0.2) is 0 Å². The van der Waals surface area contributed by atoms with Crippen LogP contribution in [0, 0.1) is 0 Å². The van der Waals surface area contributed by atoms with Crippen molar-refractivity contribution in [1.29, 1.82) is 0 Å². The fourth-order valence-corrected chi connectivity index (χ4v) is 1.22. The van der Waals surface area contributed by atoms with E-state index in [0.29, 0.717) is 0 Å². The van der Waals surface area contributed by atoms with E-state index in [1.54, 1.807) is 6.92 Å². The number of aliphatic hydroxyl groups excluding tert-OH is 1. The summed E-state index contributed by atoms with van der Waals surface area (Å²) < 4.78 is 12.2. The highest BCUT2D eigenvalue weighted by Crippen LogP contribution is 2.28. The molecule has 17 heavy (non-hydrogen) atoms. The number of benzene rings is 1. The Labute approximate surface area is 99.7 Å². The lowest BCUT2D eigenvalue weighted by molar-refractivity contribution is -0.147. The Morgan fingerprint density at radius 1 is 1.53 bits per heavy atom. The van der Waals surface area contributed by atoms with Crippen molar-refractivity contribution in [2.45, 2.75) is 19.0 Å². The van der Waals surface area contributed by atoms with Crippen molar-refractivity contribution in [2.24, 2.45) is 5.73 Å². The largest absolute Gasteiger partial charge is 0.504 e. The van der Waals surface area contributed by atoms with E-state index in [4.69, 9.17) is 12.2 Å². The molecule has 0 radical (unpaired) electrons. The molecule has 0 bridgehead atoms. The van der Waals surface area contributed by atoms with E-state index in [1.807, 2.05) is 0 Å². The zero-order chi connectivity index (χ0) is 13.9. The molecule has 0 aliphatic carbocycles. The van der Waals surface area contributed by atoms with Crippen LogP contribution in [0.2, 0.25) is 0 Å². The van der Waals surface area contributed by atoms with Gasteiger partial charge in [0.05, 0.1) is 7.98 Å². The number of rotatable bonds is 4. The molecule has 0 spiro atoms. The second-order valence-corrected chi connectivity index (χ2v) is 3.33. The van der Waals surface area contributed by atoms with Crippen LogP contribution >= 0.6 is 0 Å². The zero-order valence-corrected chi connectivity index (χ0v) is 9.25. The molecule has 2 atom stereocenters. The van der Waals surface area contributed by atoms with Crippen LogP contribution in [-0.4, -0.2) is 33.9 Å². The van der Waals surface area contributed by atoms with Gasteiger partial charge < -0.3 is 25.8 Å². The maximum Gasteiger partial charge on any atom is 0.325 e. The fraction of sp³-hybridized carbons (Fsp3) is 0.364. The monoisotopic (exact) mass is 242 g/mol. The highest BCUT2D eigenvalue weighted by molar-refractivity contribution is 5.76. The number of carbonyl (C=O) groups excluding carboxylic acids is 1. The summed E-state index contributed by atoms with van der Waals surface area (Å²) in [6.07, 6.45) is -1.69. The summed E-state index contributed by atoms with van der Waals surface area (Å²) >= 11 is 0. The highest BCUT2D eigenvalue weighted by Gasteiger charge is 2.25. The fourth-order valence-electron chi connectivity index (χ4n) is 1.22. The number of hydrogen-bond donors (Lipinski definition) is 4. The van der Waals surface area contributed by atoms with E-state index < -0.39 is 23.8 Å². The van der Waals surface area contributed by atoms with Crippen LogP contribution in [0.25, 0.3) is 0 Å². The Bertz CT molecular complexity index is 449. The van der Waals surface area contributed by atoms with E-state index in [0.717, 1.165) is 12.1 Å². The average Bonchev–Trinajstić information content (AvgIpc) is 2.32. The molecule has 0 amide bonds. The first-order valence-corrected chi connectivity index (χ1v) is 4.96. The van der Waals surface area contributed by atoms with E-state index in [2.05, 4.69) is 4.74 Å². The second-order valence-electron chi connectivity index (χ2n) is 3.33. The lowest BCUT2D eigenvalue weighted by Crippen LogP contribution is -2.38. The van der Waals surface area contributed by atoms with Crippen molar-refractivity contribution in [1.82, 2.24) is 0 Å². The van der Waals surface area contributed by atoms with Crippen molar-refractivity contribution in [3.8, 4) is 11.5 Å². The Morgan fingerprint density at radius 3 is 2.71 bits per heavy atom. The van der Waals surface area contributed by atoms with Crippen LogP contribution in [0.15, 0.2) is 18.2 Å². The minimum Gasteiger partial charge on any atom is -0.504 e. The van der Waals surface area contributed by atoms with E-state index >= 15 is 0 Å². The predicted octanol–water partition coefficient (Wildman–Crippen LogP) is 0.0216.